The van der Waals surface area contributed by atoms with Gasteiger partial charge in [0.25, 0.3) is 5.91 Å². The molecule has 0 fully saturated rings. The van der Waals surface area contributed by atoms with Gasteiger partial charge >= 0.3 is 0 Å². The molecular formula is C19H19Cl2N3O3. The molecule has 0 radical (unpaired) electrons. The summed E-state index contributed by atoms with van der Waals surface area (Å²) in [4.78, 5) is 23.8. The van der Waals surface area contributed by atoms with E-state index in [-0.39, 0.29) is 18.9 Å². The maximum atomic E-state index is 12.0. The van der Waals surface area contributed by atoms with Crippen molar-refractivity contribution in [2.24, 2.45) is 0 Å². The molecule has 0 atom stereocenters. The third-order valence-electron chi connectivity index (χ3n) is 3.41. The molecule has 0 heterocycles. The number of nitrogens with one attached hydrogen (secondary N) is 3. The Morgan fingerprint density at radius 2 is 1.78 bits per heavy atom. The molecule has 6 nitrogen and oxygen atoms in total. The Labute approximate surface area is 167 Å². The predicted octanol–water partition coefficient (Wildman–Crippen LogP) is 3.84. The molecule has 0 saturated carbocycles. The zero-order chi connectivity index (χ0) is 19.8. The molecule has 27 heavy (non-hydrogen) atoms. The molecule has 2 aromatic carbocycles. The summed E-state index contributed by atoms with van der Waals surface area (Å²) >= 11 is 11.7. The average Bonchev–Trinajstić information content (AvgIpc) is 2.62. The number of halogens is 2. The number of para-hydroxylation sites is 1. The largest absolute Gasteiger partial charge is 0.483 e. The highest BCUT2D eigenvalue weighted by atomic mass is 35.5. The first-order valence-electron chi connectivity index (χ1n) is 8.01. The lowest BCUT2D eigenvalue weighted by molar-refractivity contribution is -0.124. The van der Waals surface area contributed by atoms with Gasteiger partial charge in [0.2, 0.25) is 5.91 Å². The van der Waals surface area contributed by atoms with E-state index in [2.05, 4.69) is 22.7 Å². The van der Waals surface area contributed by atoms with Crippen molar-refractivity contribution in [1.82, 2.24) is 10.9 Å². The third kappa shape index (κ3) is 6.84. The molecule has 0 saturated heterocycles. The topological polar surface area (TPSA) is 79.5 Å². The Morgan fingerprint density at radius 3 is 2.48 bits per heavy atom. The number of carbonyl (C=O) groups is 2. The molecule has 0 spiro atoms. The second kappa shape index (κ2) is 9.85. The first-order valence-corrected chi connectivity index (χ1v) is 8.76. The normalized spacial score (nSPS) is 10.0. The lowest BCUT2D eigenvalue weighted by atomic mass is 10.2. The Hall–Kier alpha value is -2.70. The zero-order valence-corrected chi connectivity index (χ0v) is 16.2. The number of hydrogen-bond donors (Lipinski definition) is 3. The van der Waals surface area contributed by atoms with Crippen LogP contribution in [0.1, 0.15) is 12.0 Å². The van der Waals surface area contributed by atoms with Crippen molar-refractivity contribution in [3.8, 4) is 5.75 Å². The number of ether oxygens (including phenoxy) is 1. The Bertz CT molecular complexity index is 856. The van der Waals surface area contributed by atoms with Gasteiger partial charge < -0.3 is 15.5 Å². The van der Waals surface area contributed by atoms with Crippen LogP contribution in [0, 0.1) is 6.92 Å². The fourth-order valence-corrected chi connectivity index (χ4v) is 2.37. The van der Waals surface area contributed by atoms with E-state index in [1.165, 1.54) is 0 Å². The first kappa shape index (κ1) is 20.6. The highest BCUT2D eigenvalue weighted by Gasteiger charge is 2.08. The number of rotatable bonds is 8. The van der Waals surface area contributed by atoms with Crippen molar-refractivity contribution in [2.75, 3.05) is 11.9 Å². The summed E-state index contributed by atoms with van der Waals surface area (Å²) in [6.07, 6.45) is -0.0425. The maximum Gasteiger partial charge on any atom is 0.276 e. The average molecular weight is 408 g/mol. The minimum Gasteiger partial charge on any atom is -0.483 e. The van der Waals surface area contributed by atoms with Crippen LogP contribution in [0.3, 0.4) is 0 Å². The smallest absolute Gasteiger partial charge is 0.276 e. The van der Waals surface area contributed by atoms with Crippen LogP contribution in [-0.2, 0) is 9.59 Å². The summed E-state index contributed by atoms with van der Waals surface area (Å²) in [6.45, 7) is 5.42. The predicted molar refractivity (Wildman–Crippen MR) is 107 cm³/mol. The summed E-state index contributed by atoms with van der Waals surface area (Å²) in [5.74, 6) is -0.0897. The molecule has 2 aromatic rings. The molecule has 0 aliphatic carbocycles. The van der Waals surface area contributed by atoms with Crippen molar-refractivity contribution in [3.05, 3.63) is 70.3 Å². The summed E-state index contributed by atoms with van der Waals surface area (Å²) in [5.41, 5.74) is 6.77. The summed E-state index contributed by atoms with van der Waals surface area (Å²) in [5, 5.41) is 3.40. The summed E-state index contributed by atoms with van der Waals surface area (Å²) < 4.78 is 5.43. The van der Waals surface area contributed by atoms with E-state index in [9.17, 15) is 9.59 Å². The number of anilines is 1. The third-order valence-corrected chi connectivity index (χ3v) is 4.15. The standard InChI is InChI=1S/C19H19Cl2N3O3/c1-12-5-3-4-6-17(12)27-11-19(26)24-23-13(2)9-18(25)22-14-7-8-15(20)16(21)10-14/h3-8,10,23H,2,9,11H2,1H3,(H,22,25)(H,24,26). The van der Waals surface area contributed by atoms with Gasteiger partial charge in [-0.1, -0.05) is 48.0 Å². The van der Waals surface area contributed by atoms with Crippen LogP contribution >= 0.6 is 23.2 Å². The van der Waals surface area contributed by atoms with Gasteiger partial charge in [-0.25, -0.2) is 0 Å². The van der Waals surface area contributed by atoms with E-state index in [4.69, 9.17) is 27.9 Å². The van der Waals surface area contributed by atoms with Gasteiger partial charge in [-0.05, 0) is 36.8 Å². The van der Waals surface area contributed by atoms with Gasteiger partial charge in [-0.2, -0.15) is 0 Å². The highest BCUT2D eigenvalue weighted by molar-refractivity contribution is 6.42. The van der Waals surface area contributed by atoms with Crippen molar-refractivity contribution in [2.45, 2.75) is 13.3 Å². The fraction of sp³-hybridized carbons (Fsp3) is 0.158. The van der Waals surface area contributed by atoms with Crippen molar-refractivity contribution in [3.63, 3.8) is 0 Å². The quantitative estimate of drug-likeness (QED) is 0.580. The molecule has 0 aliphatic rings. The number of hydrogen-bond acceptors (Lipinski definition) is 4. The molecular weight excluding hydrogens is 389 g/mol. The van der Waals surface area contributed by atoms with Gasteiger partial charge in [0.15, 0.2) is 6.61 Å². The van der Waals surface area contributed by atoms with E-state index in [1.807, 2.05) is 25.1 Å². The number of amides is 2. The number of carbonyl (C=O) groups excluding carboxylic acids is 2. The van der Waals surface area contributed by atoms with Gasteiger partial charge in [0.1, 0.15) is 5.75 Å². The Kier molecular flexibility index (Phi) is 7.52. The minimum atomic E-state index is -0.399. The van der Waals surface area contributed by atoms with Crippen LogP contribution in [0.25, 0.3) is 0 Å². The summed E-state index contributed by atoms with van der Waals surface area (Å²) in [6, 6.07) is 12.1. The van der Waals surface area contributed by atoms with Crippen LogP contribution in [0.2, 0.25) is 10.0 Å². The fourth-order valence-electron chi connectivity index (χ4n) is 2.07. The second-order valence-electron chi connectivity index (χ2n) is 5.68. The number of benzene rings is 2. The molecule has 142 valence electrons. The van der Waals surface area contributed by atoms with E-state index in [1.54, 1.807) is 24.3 Å². The molecule has 8 heteroatoms. The van der Waals surface area contributed by atoms with Crippen molar-refractivity contribution >= 4 is 40.7 Å². The maximum absolute atomic E-state index is 12.0. The molecule has 3 N–H and O–H groups in total. The van der Waals surface area contributed by atoms with E-state index in [0.717, 1.165) is 5.56 Å². The Morgan fingerprint density at radius 1 is 1.04 bits per heavy atom. The van der Waals surface area contributed by atoms with Crippen LogP contribution in [0.4, 0.5) is 5.69 Å². The minimum absolute atomic E-state index is 0.0425. The van der Waals surface area contributed by atoms with Crippen molar-refractivity contribution < 1.29 is 14.3 Å². The van der Waals surface area contributed by atoms with Gasteiger partial charge in [0.05, 0.1) is 16.5 Å². The molecule has 2 rings (SSSR count). The molecule has 0 aliphatic heterocycles. The van der Waals surface area contributed by atoms with Crippen LogP contribution in [0.15, 0.2) is 54.7 Å². The Balaban J connectivity index is 1.71. The molecule has 0 bridgehead atoms. The lowest BCUT2D eigenvalue weighted by Crippen LogP contribution is -2.40. The highest BCUT2D eigenvalue weighted by Crippen LogP contribution is 2.25. The van der Waals surface area contributed by atoms with E-state index < -0.39 is 5.91 Å². The summed E-state index contributed by atoms with van der Waals surface area (Å²) in [7, 11) is 0. The van der Waals surface area contributed by atoms with Crippen molar-refractivity contribution in [1.29, 1.82) is 0 Å². The van der Waals surface area contributed by atoms with Crippen LogP contribution in [0.5, 0.6) is 5.75 Å². The van der Waals surface area contributed by atoms with Gasteiger partial charge in [-0.15, -0.1) is 0 Å². The lowest BCUT2D eigenvalue weighted by Gasteiger charge is -2.13. The van der Waals surface area contributed by atoms with E-state index in [0.29, 0.717) is 27.2 Å². The van der Waals surface area contributed by atoms with Gasteiger partial charge in [0, 0.05) is 11.4 Å². The zero-order valence-electron chi connectivity index (χ0n) is 14.6. The SMILES string of the molecule is C=C(CC(=O)Nc1ccc(Cl)c(Cl)c1)NNC(=O)COc1ccccc1C. The second-order valence-corrected chi connectivity index (χ2v) is 6.50. The number of aryl methyl sites for hydroxylation is 1. The molecule has 2 amide bonds. The van der Waals surface area contributed by atoms with Crippen LogP contribution in [-0.4, -0.2) is 18.4 Å². The van der Waals surface area contributed by atoms with Crippen LogP contribution < -0.4 is 20.9 Å². The van der Waals surface area contributed by atoms with Gasteiger partial charge in [-0.3, -0.25) is 15.0 Å². The number of hydrazine groups is 1. The first-order chi connectivity index (χ1) is 12.8. The molecule has 0 unspecified atom stereocenters. The molecule has 0 aromatic heterocycles. The van der Waals surface area contributed by atoms with E-state index >= 15 is 0 Å². The monoisotopic (exact) mass is 407 g/mol.